The molecule has 0 aromatic heterocycles. The van der Waals surface area contributed by atoms with Crippen LogP contribution in [0.2, 0.25) is 0 Å². The summed E-state index contributed by atoms with van der Waals surface area (Å²) >= 11 is 4.49. The Morgan fingerprint density at radius 2 is 2.12 bits per heavy atom. The van der Waals surface area contributed by atoms with Crippen molar-refractivity contribution in [1.82, 2.24) is 0 Å². The lowest BCUT2D eigenvalue weighted by molar-refractivity contribution is 0.741. The predicted molar refractivity (Wildman–Crippen MR) is 38.3 cm³/mol. The zero-order chi connectivity index (χ0) is 6.78. The van der Waals surface area contributed by atoms with Crippen LogP contribution in [0.5, 0.6) is 0 Å². The summed E-state index contributed by atoms with van der Waals surface area (Å²) in [6, 6.07) is 0. The standard InChI is InChI=1S/C5H9N2S/c1-5(2,3-8)4(6)7/h1-2H3,(H3,6,7). The summed E-state index contributed by atoms with van der Waals surface area (Å²) in [5.74, 6) is 0.0625. The van der Waals surface area contributed by atoms with Crippen LogP contribution in [0, 0.1) is 10.8 Å². The highest BCUT2D eigenvalue weighted by Crippen LogP contribution is 2.09. The summed E-state index contributed by atoms with van der Waals surface area (Å²) < 4.78 is 0. The summed E-state index contributed by atoms with van der Waals surface area (Å²) in [5.41, 5.74) is 4.60. The first kappa shape index (κ1) is 7.56. The van der Waals surface area contributed by atoms with Gasteiger partial charge in [-0.1, -0.05) is 12.2 Å². The Kier molecular flexibility index (Phi) is 2.10. The van der Waals surface area contributed by atoms with Gasteiger partial charge < -0.3 is 5.73 Å². The fourth-order valence-corrected chi connectivity index (χ4v) is 0.165. The molecular weight excluding hydrogens is 120 g/mol. The van der Waals surface area contributed by atoms with Gasteiger partial charge in [-0.3, -0.25) is 5.41 Å². The molecule has 3 heteroatoms. The summed E-state index contributed by atoms with van der Waals surface area (Å²) in [5, 5.41) is 9.42. The van der Waals surface area contributed by atoms with Crippen LogP contribution in [0.15, 0.2) is 0 Å². The first-order valence-electron chi connectivity index (χ1n) is 2.24. The lowest BCUT2D eigenvalue weighted by Gasteiger charge is -2.13. The van der Waals surface area contributed by atoms with Crippen molar-refractivity contribution in [1.29, 1.82) is 5.41 Å². The van der Waals surface area contributed by atoms with Gasteiger partial charge in [-0.05, 0) is 13.8 Å². The van der Waals surface area contributed by atoms with Crippen molar-refractivity contribution in [3.63, 3.8) is 0 Å². The van der Waals surface area contributed by atoms with Crippen molar-refractivity contribution in [3.8, 4) is 0 Å². The molecule has 8 heavy (non-hydrogen) atoms. The highest BCUT2D eigenvalue weighted by atomic mass is 32.1. The number of nitrogens with one attached hydrogen (secondary N) is 1. The van der Waals surface area contributed by atoms with Gasteiger partial charge in [0, 0.05) is 5.37 Å². The van der Waals surface area contributed by atoms with Gasteiger partial charge in [-0.25, -0.2) is 0 Å². The molecule has 2 nitrogen and oxygen atoms in total. The Labute approximate surface area is 54.6 Å². The average Bonchev–Trinajstić information content (AvgIpc) is 1.67. The van der Waals surface area contributed by atoms with Gasteiger partial charge in [0.2, 0.25) is 0 Å². The van der Waals surface area contributed by atoms with Gasteiger partial charge in [-0.2, -0.15) is 0 Å². The third-order valence-electron chi connectivity index (χ3n) is 0.928. The number of rotatable bonds is 2. The van der Waals surface area contributed by atoms with Gasteiger partial charge in [0.15, 0.2) is 0 Å². The number of hydrogen-bond acceptors (Lipinski definition) is 2. The molecule has 0 spiro atoms. The molecule has 1 radical (unpaired) electrons. The molecule has 0 saturated carbocycles. The lowest BCUT2D eigenvalue weighted by atomic mass is 9.96. The lowest BCUT2D eigenvalue weighted by Crippen LogP contribution is -2.31. The zero-order valence-electron chi connectivity index (χ0n) is 4.99. The highest BCUT2D eigenvalue weighted by Gasteiger charge is 2.17. The SMILES string of the molecule is CC(C)([C]=S)C(=N)N. The minimum Gasteiger partial charge on any atom is -0.387 e. The second-order valence-electron chi connectivity index (χ2n) is 2.14. The van der Waals surface area contributed by atoms with E-state index >= 15 is 0 Å². The third kappa shape index (κ3) is 1.58. The molecule has 0 rings (SSSR count). The fourth-order valence-electron chi connectivity index (χ4n) is 0.0550. The molecule has 0 aromatic carbocycles. The molecule has 0 heterocycles. The number of hydrogen-bond donors (Lipinski definition) is 2. The van der Waals surface area contributed by atoms with E-state index in [4.69, 9.17) is 11.1 Å². The van der Waals surface area contributed by atoms with Crippen molar-refractivity contribution >= 4 is 23.4 Å². The van der Waals surface area contributed by atoms with Gasteiger partial charge in [-0.15, -0.1) is 0 Å². The van der Waals surface area contributed by atoms with E-state index in [1.165, 1.54) is 0 Å². The molecule has 0 bridgehead atoms. The van der Waals surface area contributed by atoms with Gasteiger partial charge in [0.05, 0.1) is 5.41 Å². The number of nitrogens with two attached hydrogens (primary N) is 1. The Hall–Kier alpha value is -0.440. The second-order valence-corrected chi connectivity index (χ2v) is 2.34. The van der Waals surface area contributed by atoms with Crippen molar-refractivity contribution in [3.05, 3.63) is 0 Å². The Morgan fingerprint density at radius 3 is 2.12 bits per heavy atom. The Morgan fingerprint density at radius 1 is 1.75 bits per heavy atom. The summed E-state index contributed by atoms with van der Waals surface area (Å²) in [4.78, 5) is 0. The smallest absolute Gasteiger partial charge is 0.102 e. The van der Waals surface area contributed by atoms with Crippen LogP contribution < -0.4 is 5.73 Å². The first-order valence-corrected chi connectivity index (χ1v) is 2.65. The summed E-state index contributed by atoms with van der Waals surface area (Å²) in [7, 11) is 0. The Bertz CT molecular complexity index is 118. The van der Waals surface area contributed by atoms with Gasteiger partial charge >= 0.3 is 0 Å². The van der Waals surface area contributed by atoms with Crippen molar-refractivity contribution in [2.75, 3.05) is 0 Å². The van der Waals surface area contributed by atoms with Gasteiger partial charge in [0.1, 0.15) is 5.84 Å². The molecule has 0 aromatic rings. The molecule has 0 aliphatic carbocycles. The van der Waals surface area contributed by atoms with Gasteiger partial charge in [0.25, 0.3) is 0 Å². The third-order valence-corrected chi connectivity index (χ3v) is 1.44. The van der Waals surface area contributed by atoms with Crippen LogP contribution in [-0.2, 0) is 0 Å². The molecule has 0 amide bonds. The average molecular weight is 129 g/mol. The largest absolute Gasteiger partial charge is 0.387 e. The van der Waals surface area contributed by atoms with Crippen molar-refractivity contribution in [2.45, 2.75) is 13.8 Å². The summed E-state index contributed by atoms with van der Waals surface area (Å²) in [6.07, 6.45) is 0. The highest BCUT2D eigenvalue weighted by molar-refractivity contribution is 7.79. The van der Waals surface area contributed by atoms with Crippen LogP contribution in [0.4, 0.5) is 0 Å². The van der Waals surface area contributed by atoms with E-state index < -0.39 is 5.41 Å². The molecule has 0 aliphatic heterocycles. The Balaban J connectivity index is 4.12. The molecule has 0 saturated heterocycles. The number of amidine groups is 1. The monoisotopic (exact) mass is 129 g/mol. The molecular formula is C5H9N2S. The van der Waals surface area contributed by atoms with Crippen LogP contribution in [0.3, 0.4) is 0 Å². The van der Waals surface area contributed by atoms with Crippen LogP contribution in [0.25, 0.3) is 0 Å². The molecule has 0 unspecified atom stereocenters. The maximum Gasteiger partial charge on any atom is 0.102 e. The van der Waals surface area contributed by atoms with Crippen LogP contribution in [-0.4, -0.2) is 11.2 Å². The van der Waals surface area contributed by atoms with E-state index in [9.17, 15) is 0 Å². The molecule has 3 N–H and O–H groups in total. The topological polar surface area (TPSA) is 49.9 Å². The maximum atomic E-state index is 6.95. The number of thiocarbonyl (C=S) groups is 1. The fraction of sp³-hybridized carbons (Fsp3) is 0.600. The minimum atomic E-state index is -0.532. The van der Waals surface area contributed by atoms with Crippen LogP contribution >= 0.6 is 12.2 Å². The van der Waals surface area contributed by atoms with Crippen molar-refractivity contribution < 1.29 is 0 Å². The molecule has 0 atom stereocenters. The zero-order valence-corrected chi connectivity index (χ0v) is 5.80. The van der Waals surface area contributed by atoms with E-state index in [2.05, 4.69) is 17.6 Å². The summed E-state index contributed by atoms with van der Waals surface area (Å²) in [6.45, 7) is 3.50. The first-order chi connectivity index (χ1) is 3.50. The van der Waals surface area contributed by atoms with E-state index in [0.29, 0.717) is 0 Å². The maximum absolute atomic E-state index is 6.95. The van der Waals surface area contributed by atoms with E-state index in [-0.39, 0.29) is 5.84 Å². The predicted octanol–water partition coefficient (Wildman–Crippen LogP) is 0.825. The molecule has 0 aliphatic rings. The van der Waals surface area contributed by atoms with Crippen molar-refractivity contribution in [2.24, 2.45) is 11.1 Å². The van der Waals surface area contributed by atoms with E-state index in [0.717, 1.165) is 0 Å². The molecule has 0 fully saturated rings. The second kappa shape index (κ2) is 2.22. The molecule has 45 valence electrons. The normalized spacial score (nSPS) is 10.8. The quantitative estimate of drug-likeness (QED) is 0.329. The minimum absolute atomic E-state index is 0.0625. The van der Waals surface area contributed by atoms with E-state index in [1.54, 1.807) is 13.8 Å². The van der Waals surface area contributed by atoms with Crippen LogP contribution in [0.1, 0.15) is 13.8 Å². The van der Waals surface area contributed by atoms with E-state index in [1.807, 2.05) is 0 Å².